The van der Waals surface area contributed by atoms with E-state index in [1.807, 2.05) is 0 Å². The molecule has 0 bridgehead atoms. The van der Waals surface area contributed by atoms with Gasteiger partial charge in [0.05, 0.1) is 0 Å². The Bertz CT molecular complexity index is 829. The zero-order valence-corrected chi connectivity index (χ0v) is 14.9. The molecule has 0 spiro atoms. The molecule has 1 aromatic carbocycles. The first-order valence-corrected chi connectivity index (χ1v) is 10.4. The van der Waals surface area contributed by atoms with Crippen LogP contribution in [-0.4, -0.2) is 40.0 Å². The zero-order chi connectivity index (χ0) is 18.1. The van der Waals surface area contributed by atoms with E-state index in [0.29, 0.717) is 12.8 Å². The summed E-state index contributed by atoms with van der Waals surface area (Å²) in [6, 6.07) is 3.59. The predicted molar refractivity (Wildman–Crippen MR) is 86.4 cm³/mol. The summed E-state index contributed by atoms with van der Waals surface area (Å²) in [4.78, 5) is 10.4. The Morgan fingerprint density at radius 2 is 1.58 bits per heavy atom. The first-order chi connectivity index (χ1) is 11.0. The van der Waals surface area contributed by atoms with Gasteiger partial charge in [0.2, 0.25) is 20.0 Å². The number of carboxylic acid groups (broad SMARTS) is 1. The summed E-state index contributed by atoms with van der Waals surface area (Å²) in [6.45, 7) is 3.11. The van der Waals surface area contributed by atoms with Crippen LogP contribution in [0.25, 0.3) is 0 Å². The number of sulfonamides is 2. The highest BCUT2D eigenvalue weighted by atomic mass is 32.2. The van der Waals surface area contributed by atoms with E-state index in [-0.39, 0.29) is 6.04 Å². The first kappa shape index (κ1) is 18.8. The van der Waals surface area contributed by atoms with E-state index in [4.69, 9.17) is 5.11 Å². The van der Waals surface area contributed by atoms with E-state index in [1.54, 1.807) is 13.8 Å². The molecule has 24 heavy (non-hydrogen) atoms. The van der Waals surface area contributed by atoms with Crippen LogP contribution in [0.5, 0.6) is 0 Å². The van der Waals surface area contributed by atoms with Gasteiger partial charge in [-0.3, -0.25) is 4.79 Å². The Hall–Kier alpha value is -1.49. The van der Waals surface area contributed by atoms with Crippen molar-refractivity contribution in [3.8, 4) is 0 Å². The lowest BCUT2D eigenvalue weighted by Crippen LogP contribution is -2.44. The van der Waals surface area contributed by atoms with E-state index in [1.165, 1.54) is 18.2 Å². The van der Waals surface area contributed by atoms with Crippen LogP contribution in [0.2, 0.25) is 0 Å². The topological polar surface area (TPSA) is 130 Å². The largest absolute Gasteiger partial charge is 0.480 e. The Balaban J connectivity index is 2.42. The third-order valence-electron chi connectivity index (χ3n) is 3.54. The molecule has 1 saturated carbocycles. The third-order valence-corrected chi connectivity index (χ3v) is 6.75. The lowest BCUT2D eigenvalue weighted by Gasteiger charge is -2.19. The van der Waals surface area contributed by atoms with Crippen molar-refractivity contribution < 1.29 is 26.7 Å². The van der Waals surface area contributed by atoms with Crippen molar-refractivity contribution in [2.45, 2.75) is 48.6 Å². The Kier molecular flexibility index (Phi) is 5.33. The van der Waals surface area contributed by atoms with Crippen molar-refractivity contribution in [2.75, 3.05) is 0 Å². The maximum Gasteiger partial charge on any atom is 0.322 e. The molecule has 0 radical (unpaired) electrons. The van der Waals surface area contributed by atoms with Gasteiger partial charge in [-0.2, -0.15) is 4.72 Å². The minimum absolute atomic E-state index is 0.179. The second-order valence-electron chi connectivity index (χ2n) is 6.02. The van der Waals surface area contributed by atoms with Crippen LogP contribution in [0, 0.1) is 5.92 Å². The molecule has 8 nitrogen and oxygen atoms in total. The molecule has 0 amide bonds. The highest BCUT2D eigenvalue weighted by molar-refractivity contribution is 7.92. The number of carboxylic acids is 1. The fourth-order valence-corrected chi connectivity index (χ4v) is 5.56. The number of rotatable bonds is 8. The van der Waals surface area contributed by atoms with Crippen LogP contribution in [0.1, 0.15) is 26.7 Å². The lowest BCUT2D eigenvalue weighted by molar-refractivity contribution is -0.140. The van der Waals surface area contributed by atoms with Crippen molar-refractivity contribution in [1.29, 1.82) is 0 Å². The smallest absolute Gasteiger partial charge is 0.322 e. The predicted octanol–water partition coefficient (Wildman–Crippen LogP) is 0.515. The summed E-state index contributed by atoms with van der Waals surface area (Å²) in [5, 5.41) is 9.15. The standard InChI is InChI=1S/C14H20N2O6S2/c1-9(2)13(14(17)18)16-24(21,22)12-6-4-3-5-11(12)23(19,20)15-10-7-8-10/h3-6,9-10,13,15-16H,7-8H2,1-2H3,(H,17,18)/t13-/m1/s1. The number of benzene rings is 1. The van der Waals surface area contributed by atoms with E-state index in [2.05, 4.69) is 9.44 Å². The van der Waals surface area contributed by atoms with Crippen molar-refractivity contribution in [3.05, 3.63) is 24.3 Å². The summed E-state index contributed by atoms with van der Waals surface area (Å²) in [5.41, 5.74) is 0. The van der Waals surface area contributed by atoms with Gasteiger partial charge in [-0.25, -0.2) is 21.6 Å². The van der Waals surface area contributed by atoms with Crippen LogP contribution in [-0.2, 0) is 24.8 Å². The van der Waals surface area contributed by atoms with Gasteiger partial charge >= 0.3 is 5.97 Å². The molecule has 2 rings (SSSR count). The van der Waals surface area contributed by atoms with E-state index >= 15 is 0 Å². The van der Waals surface area contributed by atoms with Crippen molar-refractivity contribution in [3.63, 3.8) is 0 Å². The van der Waals surface area contributed by atoms with Gasteiger partial charge in [0.15, 0.2) is 0 Å². The zero-order valence-electron chi connectivity index (χ0n) is 13.3. The Morgan fingerprint density at radius 1 is 1.08 bits per heavy atom. The fourth-order valence-electron chi connectivity index (χ4n) is 2.08. The number of hydrogen-bond donors (Lipinski definition) is 3. The molecule has 1 aliphatic carbocycles. The monoisotopic (exact) mass is 376 g/mol. The van der Waals surface area contributed by atoms with E-state index in [0.717, 1.165) is 6.07 Å². The lowest BCUT2D eigenvalue weighted by atomic mass is 10.1. The molecule has 0 aromatic heterocycles. The molecular formula is C14H20N2O6S2. The van der Waals surface area contributed by atoms with Crippen LogP contribution < -0.4 is 9.44 Å². The summed E-state index contributed by atoms with van der Waals surface area (Å²) >= 11 is 0. The number of nitrogens with one attached hydrogen (secondary N) is 2. The maximum atomic E-state index is 12.6. The highest BCUT2D eigenvalue weighted by Gasteiger charge is 2.34. The molecule has 0 unspecified atom stereocenters. The van der Waals surface area contributed by atoms with Gasteiger partial charge in [0.25, 0.3) is 0 Å². The molecule has 0 heterocycles. The van der Waals surface area contributed by atoms with Gasteiger partial charge in [-0.1, -0.05) is 26.0 Å². The molecule has 3 N–H and O–H groups in total. The van der Waals surface area contributed by atoms with E-state index in [9.17, 15) is 21.6 Å². The van der Waals surface area contributed by atoms with Gasteiger partial charge in [-0.15, -0.1) is 0 Å². The van der Waals surface area contributed by atoms with E-state index < -0.39 is 47.8 Å². The molecule has 1 fully saturated rings. The molecule has 0 aliphatic heterocycles. The van der Waals surface area contributed by atoms with Gasteiger partial charge < -0.3 is 5.11 Å². The maximum absolute atomic E-state index is 12.6. The van der Waals surface area contributed by atoms with Crippen LogP contribution in [0.4, 0.5) is 0 Å². The van der Waals surface area contributed by atoms with Gasteiger partial charge in [0.1, 0.15) is 15.8 Å². The third kappa shape index (κ3) is 4.32. The summed E-state index contributed by atoms with van der Waals surface area (Å²) in [6.07, 6.45) is 1.42. The molecule has 134 valence electrons. The average Bonchev–Trinajstić information content (AvgIpc) is 3.27. The van der Waals surface area contributed by atoms with Gasteiger partial charge in [-0.05, 0) is 30.9 Å². The van der Waals surface area contributed by atoms with Crippen molar-refractivity contribution in [1.82, 2.24) is 9.44 Å². The molecular weight excluding hydrogens is 356 g/mol. The molecule has 1 atom stereocenters. The minimum atomic E-state index is -4.33. The van der Waals surface area contributed by atoms with Crippen LogP contribution in [0.3, 0.4) is 0 Å². The summed E-state index contributed by atoms with van der Waals surface area (Å²) in [5.74, 6) is -1.84. The highest BCUT2D eigenvalue weighted by Crippen LogP contribution is 2.26. The number of hydrogen-bond acceptors (Lipinski definition) is 5. The van der Waals surface area contributed by atoms with Gasteiger partial charge in [0, 0.05) is 6.04 Å². The van der Waals surface area contributed by atoms with Crippen LogP contribution in [0.15, 0.2) is 34.1 Å². The molecule has 1 aromatic rings. The normalized spacial score (nSPS) is 17.0. The molecule has 0 saturated heterocycles. The van der Waals surface area contributed by atoms with Crippen molar-refractivity contribution in [2.24, 2.45) is 5.92 Å². The molecule has 1 aliphatic rings. The van der Waals surface area contributed by atoms with Crippen molar-refractivity contribution >= 4 is 26.0 Å². The van der Waals surface area contributed by atoms with Crippen LogP contribution >= 0.6 is 0 Å². The number of carbonyl (C=O) groups is 1. The SMILES string of the molecule is CC(C)[C@@H](NS(=O)(=O)c1ccccc1S(=O)(=O)NC1CC1)C(=O)O. The summed E-state index contributed by atoms with van der Waals surface area (Å²) < 4.78 is 54.4. The Labute approximate surface area is 141 Å². The quantitative estimate of drug-likeness (QED) is 0.606. The first-order valence-electron chi connectivity index (χ1n) is 7.41. The number of aliphatic carboxylic acids is 1. The minimum Gasteiger partial charge on any atom is -0.480 e. The molecule has 10 heteroatoms. The Morgan fingerprint density at radius 3 is 2.00 bits per heavy atom. The second-order valence-corrected chi connectivity index (χ2v) is 9.39. The summed E-state index contributed by atoms with van der Waals surface area (Å²) in [7, 11) is -8.33. The second kappa shape index (κ2) is 6.79. The fraction of sp³-hybridized carbons (Fsp3) is 0.500. The average molecular weight is 376 g/mol.